The highest BCUT2D eigenvalue weighted by Crippen LogP contribution is 2.13. The maximum Gasteiger partial charge on any atom is 0.118 e. The van der Waals surface area contributed by atoms with E-state index in [0.717, 1.165) is 0 Å². The van der Waals surface area contributed by atoms with Crippen LogP contribution in [0.2, 0.25) is 0 Å². The second kappa shape index (κ2) is 2.60. The first-order valence-corrected chi connectivity index (χ1v) is 2.79. The Hall–Kier alpha value is -0.190. The fourth-order valence-corrected chi connectivity index (χ4v) is 0.803. The van der Waals surface area contributed by atoms with Crippen LogP contribution in [0.4, 0.5) is 4.39 Å². The van der Waals surface area contributed by atoms with E-state index in [-0.39, 0.29) is 6.61 Å². The van der Waals surface area contributed by atoms with Crippen LogP contribution < -0.4 is 0 Å². The second-order valence-corrected chi connectivity index (χ2v) is 2.08. The summed E-state index contributed by atoms with van der Waals surface area (Å²) in [7, 11) is 0. The minimum Gasteiger partial charge on any atom is -0.388 e. The van der Waals surface area contributed by atoms with Crippen LogP contribution in [-0.4, -0.2) is 41.8 Å². The molecule has 3 atom stereocenters. The first-order chi connectivity index (χ1) is 4.25. The van der Waals surface area contributed by atoms with Crippen molar-refractivity contribution in [2.75, 3.05) is 13.3 Å². The number of ether oxygens (including phenoxy) is 1. The molecular formula is C5H9FO3. The largest absolute Gasteiger partial charge is 0.388 e. The Morgan fingerprint density at radius 2 is 2.22 bits per heavy atom. The summed E-state index contributed by atoms with van der Waals surface area (Å²) in [6.07, 6.45) is -2.78. The van der Waals surface area contributed by atoms with Gasteiger partial charge < -0.3 is 14.9 Å². The Labute approximate surface area is 52.1 Å². The fourth-order valence-electron chi connectivity index (χ4n) is 0.803. The Morgan fingerprint density at radius 1 is 1.56 bits per heavy atom. The van der Waals surface area contributed by atoms with Crippen molar-refractivity contribution < 1.29 is 19.3 Å². The number of rotatable bonds is 1. The molecule has 1 aliphatic rings. The van der Waals surface area contributed by atoms with Gasteiger partial charge in [-0.15, -0.1) is 0 Å². The van der Waals surface area contributed by atoms with Crippen molar-refractivity contribution >= 4 is 0 Å². The Bertz CT molecular complexity index is 98.2. The molecule has 54 valence electrons. The van der Waals surface area contributed by atoms with Crippen LogP contribution in [0.1, 0.15) is 0 Å². The molecule has 0 spiro atoms. The molecule has 0 amide bonds. The van der Waals surface area contributed by atoms with E-state index < -0.39 is 25.0 Å². The van der Waals surface area contributed by atoms with Crippen molar-refractivity contribution in [2.24, 2.45) is 0 Å². The van der Waals surface area contributed by atoms with Crippen LogP contribution in [-0.2, 0) is 4.74 Å². The van der Waals surface area contributed by atoms with Crippen molar-refractivity contribution in [1.82, 2.24) is 0 Å². The summed E-state index contributed by atoms with van der Waals surface area (Å²) in [6, 6.07) is 0. The smallest absolute Gasteiger partial charge is 0.118 e. The molecule has 0 aromatic heterocycles. The molecule has 1 heterocycles. The quantitative estimate of drug-likeness (QED) is 0.490. The van der Waals surface area contributed by atoms with Gasteiger partial charge in [-0.05, 0) is 0 Å². The molecular weight excluding hydrogens is 127 g/mol. The zero-order valence-corrected chi connectivity index (χ0v) is 4.83. The highest BCUT2D eigenvalue weighted by atomic mass is 19.1. The van der Waals surface area contributed by atoms with Crippen LogP contribution in [0.3, 0.4) is 0 Å². The van der Waals surface area contributed by atoms with Crippen molar-refractivity contribution in [2.45, 2.75) is 18.3 Å². The third-order valence-electron chi connectivity index (χ3n) is 1.41. The minimum absolute atomic E-state index is 0.0375. The van der Waals surface area contributed by atoms with E-state index in [9.17, 15) is 4.39 Å². The van der Waals surface area contributed by atoms with E-state index in [4.69, 9.17) is 10.2 Å². The predicted molar refractivity (Wildman–Crippen MR) is 27.7 cm³/mol. The number of halogens is 1. The van der Waals surface area contributed by atoms with Gasteiger partial charge in [-0.25, -0.2) is 4.39 Å². The number of aliphatic hydroxyl groups excluding tert-OH is 2. The van der Waals surface area contributed by atoms with Crippen molar-refractivity contribution in [3.8, 4) is 0 Å². The normalized spacial score (nSPS) is 43.7. The van der Waals surface area contributed by atoms with Crippen molar-refractivity contribution in [3.05, 3.63) is 0 Å². The molecule has 1 aliphatic heterocycles. The number of aliphatic hydroxyl groups is 2. The SMILES string of the molecule is OC1CO[C@H](CF)C1O. The molecule has 0 aliphatic carbocycles. The van der Waals surface area contributed by atoms with Gasteiger partial charge in [0.05, 0.1) is 6.61 Å². The summed E-state index contributed by atoms with van der Waals surface area (Å²) >= 11 is 0. The second-order valence-electron chi connectivity index (χ2n) is 2.08. The molecule has 3 nitrogen and oxygen atoms in total. The lowest BCUT2D eigenvalue weighted by molar-refractivity contribution is 0.0117. The first kappa shape index (κ1) is 6.92. The lowest BCUT2D eigenvalue weighted by Gasteiger charge is -2.09. The molecule has 0 saturated carbocycles. The summed E-state index contributed by atoms with van der Waals surface area (Å²) in [5, 5.41) is 17.6. The Morgan fingerprint density at radius 3 is 2.44 bits per heavy atom. The molecule has 2 unspecified atom stereocenters. The highest BCUT2D eigenvalue weighted by Gasteiger charge is 2.34. The maximum absolute atomic E-state index is 11.7. The van der Waals surface area contributed by atoms with E-state index in [1.165, 1.54) is 0 Å². The Kier molecular flexibility index (Phi) is 2.00. The van der Waals surface area contributed by atoms with Crippen LogP contribution in [0, 0.1) is 0 Å². The molecule has 0 bridgehead atoms. The summed E-state index contributed by atoms with van der Waals surface area (Å²) < 4.78 is 16.4. The monoisotopic (exact) mass is 136 g/mol. The van der Waals surface area contributed by atoms with Gasteiger partial charge in [0.2, 0.25) is 0 Å². The zero-order valence-electron chi connectivity index (χ0n) is 4.83. The highest BCUT2D eigenvalue weighted by molar-refractivity contribution is 4.82. The van der Waals surface area contributed by atoms with Crippen LogP contribution >= 0.6 is 0 Å². The van der Waals surface area contributed by atoms with Gasteiger partial charge in [-0.1, -0.05) is 0 Å². The van der Waals surface area contributed by atoms with Gasteiger partial charge >= 0.3 is 0 Å². The lowest BCUT2D eigenvalue weighted by atomic mass is 10.2. The molecule has 0 aromatic carbocycles. The Balaban J connectivity index is 2.41. The predicted octanol–water partition coefficient (Wildman–Crippen LogP) is -0.923. The van der Waals surface area contributed by atoms with Gasteiger partial charge in [0.1, 0.15) is 25.0 Å². The third-order valence-corrected chi connectivity index (χ3v) is 1.41. The lowest BCUT2D eigenvalue weighted by Crippen LogP contribution is -2.30. The number of hydrogen-bond donors (Lipinski definition) is 2. The van der Waals surface area contributed by atoms with Crippen LogP contribution in [0.15, 0.2) is 0 Å². The van der Waals surface area contributed by atoms with Gasteiger partial charge in [0, 0.05) is 0 Å². The zero-order chi connectivity index (χ0) is 6.85. The van der Waals surface area contributed by atoms with Crippen molar-refractivity contribution in [3.63, 3.8) is 0 Å². The molecule has 9 heavy (non-hydrogen) atoms. The minimum atomic E-state index is -1.05. The maximum atomic E-state index is 11.7. The molecule has 2 N–H and O–H groups in total. The number of hydrogen-bond acceptors (Lipinski definition) is 3. The molecule has 0 radical (unpaired) electrons. The molecule has 1 saturated heterocycles. The standard InChI is InChI=1S/C5H9FO3/c6-1-4-5(8)3(7)2-9-4/h3-5,7-8H,1-2H2/t3?,4-,5?/m1/s1. The average Bonchev–Trinajstić information content (AvgIpc) is 2.15. The van der Waals surface area contributed by atoms with E-state index in [2.05, 4.69) is 4.74 Å². The third kappa shape index (κ3) is 1.20. The summed E-state index contributed by atoms with van der Waals surface area (Å²) in [6.45, 7) is -0.700. The average molecular weight is 136 g/mol. The molecule has 0 aromatic rings. The van der Waals surface area contributed by atoms with E-state index in [1.54, 1.807) is 0 Å². The molecule has 1 fully saturated rings. The number of alkyl halides is 1. The van der Waals surface area contributed by atoms with E-state index >= 15 is 0 Å². The summed E-state index contributed by atoms with van der Waals surface area (Å²) in [4.78, 5) is 0. The van der Waals surface area contributed by atoms with Gasteiger partial charge in [0.15, 0.2) is 0 Å². The summed E-state index contributed by atoms with van der Waals surface area (Å²) in [5.41, 5.74) is 0. The van der Waals surface area contributed by atoms with E-state index in [0.29, 0.717) is 0 Å². The van der Waals surface area contributed by atoms with Gasteiger partial charge in [-0.2, -0.15) is 0 Å². The van der Waals surface area contributed by atoms with Crippen molar-refractivity contribution in [1.29, 1.82) is 0 Å². The molecule has 4 heteroatoms. The van der Waals surface area contributed by atoms with E-state index in [1.807, 2.05) is 0 Å². The van der Waals surface area contributed by atoms with Crippen LogP contribution in [0.5, 0.6) is 0 Å². The topological polar surface area (TPSA) is 49.7 Å². The van der Waals surface area contributed by atoms with Gasteiger partial charge in [0.25, 0.3) is 0 Å². The fraction of sp³-hybridized carbons (Fsp3) is 1.00. The molecule has 1 rings (SSSR count). The first-order valence-electron chi connectivity index (χ1n) is 2.79. The van der Waals surface area contributed by atoms with Crippen LogP contribution in [0.25, 0.3) is 0 Å². The summed E-state index contributed by atoms with van der Waals surface area (Å²) in [5.74, 6) is 0. The van der Waals surface area contributed by atoms with Gasteiger partial charge in [-0.3, -0.25) is 0 Å².